The summed E-state index contributed by atoms with van der Waals surface area (Å²) in [5.41, 5.74) is 1.76. The minimum Gasteiger partial charge on any atom is -0.233 e. The summed E-state index contributed by atoms with van der Waals surface area (Å²) in [7, 11) is -7.63. The number of aromatic nitrogens is 2. The van der Waals surface area contributed by atoms with Crippen molar-refractivity contribution in [3.05, 3.63) is 90.4 Å². The molecule has 4 rings (SSSR count). The molecule has 1 heterocycles. The first-order valence-corrected chi connectivity index (χ1v) is 13.5. The van der Waals surface area contributed by atoms with E-state index in [0.29, 0.717) is 22.2 Å². The second-order valence-corrected chi connectivity index (χ2v) is 11.7. The number of benzene rings is 3. The van der Waals surface area contributed by atoms with E-state index in [-0.39, 0.29) is 10.7 Å². The minimum absolute atomic E-state index is 0.0460. The average molecular weight is 488 g/mol. The fraction of sp³-hybridized carbons (Fsp3) is 0.174. The molecule has 2 atom stereocenters. The van der Waals surface area contributed by atoms with Gasteiger partial charge in [0.15, 0.2) is 9.84 Å². The third kappa shape index (κ3) is 4.82. The highest BCUT2D eigenvalue weighted by atomic mass is 32.2. The summed E-state index contributed by atoms with van der Waals surface area (Å²) < 4.78 is 68.4. The van der Waals surface area contributed by atoms with Crippen LogP contribution in [0.1, 0.15) is 17.7 Å². The number of fused-ring (bicyclic) bond motifs is 1. The van der Waals surface area contributed by atoms with Gasteiger partial charge in [-0.3, -0.25) is 0 Å². The molecule has 10 heteroatoms. The minimum atomic E-state index is -3.99. The van der Waals surface area contributed by atoms with E-state index in [0.717, 1.165) is 6.26 Å². The van der Waals surface area contributed by atoms with Crippen LogP contribution in [0.15, 0.2) is 83.9 Å². The van der Waals surface area contributed by atoms with Crippen LogP contribution < -0.4 is 4.72 Å². The molecule has 1 N–H and O–H groups in total. The van der Waals surface area contributed by atoms with E-state index in [2.05, 4.69) is 9.82 Å². The highest BCUT2D eigenvalue weighted by molar-refractivity contribution is 7.92. The summed E-state index contributed by atoms with van der Waals surface area (Å²) in [6.45, 7) is 1.53. The Morgan fingerprint density at radius 1 is 0.939 bits per heavy atom. The fourth-order valence-electron chi connectivity index (χ4n) is 3.90. The van der Waals surface area contributed by atoms with Crippen LogP contribution in [-0.4, -0.2) is 38.9 Å². The molecule has 7 nitrogen and oxygen atoms in total. The van der Waals surface area contributed by atoms with Crippen molar-refractivity contribution in [1.29, 1.82) is 0 Å². The number of hydrogen-bond donors (Lipinski definition) is 1. The van der Waals surface area contributed by atoms with E-state index in [9.17, 15) is 21.2 Å². The van der Waals surface area contributed by atoms with Crippen molar-refractivity contribution in [1.82, 2.24) is 14.5 Å². The quantitative estimate of drug-likeness (QED) is 0.429. The molecule has 0 aliphatic heterocycles. The van der Waals surface area contributed by atoms with Crippen molar-refractivity contribution in [3.63, 3.8) is 0 Å². The first-order valence-electron chi connectivity index (χ1n) is 10.1. The maximum absolute atomic E-state index is 13.7. The van der Waals surface area contributed by atoms with Crippen LogP contribution in [-0.2, 0) is 19.9 Å². The largest absolute Gasteiger partial charge is 0.233 e. The summed E-state index contributed by atoms with van der Waals surface area (Å²) in [6.07, 6.45) is 2.53. The van der Waals surface area contributed by atoms with Crippen molar-refractivity contribution in [2.24, 2.45) is 0 Å². The molecule has 0 saturated heterocycles. The second kappa shape index (κ2) is 8.69. The predicted octanol–water partition coefficient (Wildman–Crippen LogP) is 3.62. The van der Waals surface area contributed by atoms with E-state index in [1.807, 2.05) is 0 Å². The highest BCUT2D eigenvalue weighted by Crippen LogP contribution is 2.34. The lowest BCUT2D eigenvalue weighted by molar-refractivity contribution is 0.537. The van der Waals surface area contributed by atoms with Gasteiger partial charge in [0, 0.05) is 11.4 Å². The van der Waals surface area contributed by atoms with E-state index < -0.39 is 31.2 Å². The Labute approximate surface area is 191 Å². The highest BCUT2D eigenvalue weighted by Gasteiger charge is 2.35. The number of nitrogens with zero attached hydrogens (tertiary/aromatic N) is 2. The molecule has 0 radical (unpaired) electrons. The van der Waals surface area contributed by atoms with Crippen LogP contribution >= 0.6 is 0 Å². The van der Waals surface area contributed by atoms with Gasteiger partial charge in [0.25, 0.3) is 0 Å². The van der Waals surface area contributed by atoms with E-state index in [1.54, 1.807) is 53.2 Å². The molecular formula is C23H22FN3O4S2. The van der Waals surface area contributed by atoms with Crippen LogP contribution in [0.4, 0.5) is 4.39 Å². The SMILES string of the molecule is CC(NS(C)(=O)=O)C(c1ccccc1)S(=O)(=O)c1ccc2c(cnn2-c2ccc(F)cc2)c1. The molecule has 4 aromatic rings. The first kappa shape index (κ1) is 23.1. The molecule has 0 saturated carbocycles. The summed E-state index contributed by atoms with van der Waals surface area (Å²) in [6, 6.07) is 18.0. The number of rotatable bonds is 7. The van der Waals surface area contributed by atoms with Gasteiger partial charge in [0.05, 0.1) is 28.6 Å². The van der Waals surface area contributed by atoms with Gasteiger partial charge in [-0.2, -0.15) is 5.10 Å². The molecule has 0 fully saturated rings. The Kier molecular flexibility index (Phi) is 6.08. The zero-order chi connectivity index (χ0) is 23.8. The Balaban J connectivity index is 1.79. The molecule has 2 unspecified atom stereocenters. The molecule has 0 aliphatic carbocycles. The van der Waals surface area contributed by atoms with Gasteiger partial charge >= 0.3 is 0 Å². The van der Waals surface area contributed by atoms with Gasteiger partial charge in [0.1, 0.15) is 11.1 Å². The maximum Gasteiger partial charge on any atom is 0.208 e. The van der Waals surface area contributed by atoms with Gasteiger partial charge in [-0.15, -0.1) is 0 Å². The summed E-state index contributed by atoms with van der Waals surface area (Å²) in [5, 5.41) is 3.75. The van der Waals surface area contributed by atoms with Crippen molar-refractivity contribution in [2.45, 2.75) is 23.1 Å². The lowest BCUT2D eigenvalue weighted by Gasteiger charge is -2.25. The number of nitrogens with one attached hydrogen (secondary N) is 1. The molecule has 3 aromatic carbocycles. The standard InChI is InChI=1S/C23H22FN3O4S2/c1-16(26-32(2,28)29)23(17-6-4-3-5-7-17)33(30,31)21-12-13-22-18(14-21)15-25-27(22)20-10-8-19(24)9-11-20/h3-16,23,26H,1-2H3. The summed E-state index contributed by atoms with van der Waals surface area (Å²) in [4.78, 5) is 0.0460. The number of halogens is 1. The molecule has 33 heavy (non-hydrogen) atoms. The third-order valence-corrected chi connectivity index (χ3v) is 8.32. The van der Waals surface area contributed by atoms with Gasteiger partial charge in [0.2, 0.25) is 10.0 Å². The molecule has 0 spiro atoms. The van der Waals surface area contributed by atoms with Gasteiger partial charge < -0.3 is 0 Å². The third-order valence-electron chi connectivity index (χ3n) is 5.26. The fourth-order valence-corrected chi connectivity index (χ4v) is 6.76. The van der Waals surface area contributed by atoms with E-state index >= 15 is 0 Å². The number of sulfonamides is 1. The first-order chi connectivity index (χ1) is 15.6. The number of hydrogen-bond acceptors (Lipinski definition) is 5. The van der Waals surface area contributed by atoms with Crippen LogP contribution in [0, 0.1) is 5.82 Å². The van der Waals surface area contributed by atoms with Crippen molar-refractivity contribution in [3.8, 4) is 5.69 Å². The molecule has 0 amide bonds. The predicted molar refractivity (Wildman–Crippen MR) is 125 cm³/mol. The Hall–Kier alpha value is -3.08. The Morgan fingerprint density at radius 3 is 2.24 bits per heavy atom. The van der Waals surface area contributed by atoms with Crippen molar-refractivity contribution in [2.75, 3.05) is 6.26 Å². The zero-order valence-electron chi connectivity index (χ0n) is 17.9. The van der Waals surface area contributed by atoms with Crippen LogP contribution in [0.25, 0.3) is 16.6 Å². The summed E-state index contributed by atoms with van der Waals surface area (Å²) in [5.74, 6) is -0.368. The molecular weight excluding hydrogens is 465 g/mol. The van der Waals surface area contributed by atoms with Crippen LogP contribution in [0.3, 0.4) is 0 Å². The van der Waals surface area contributed by atoms with Crippen molar-refractivity contribution >= 4 is 30.8 Å². The van der Waals surface area contributed by atoms with Crippen molar-refractivity contribution < 1.29 is 21.2 Å². The van der Waals surface area contributed by atoms with Crippen LogP contribution in [0.2, 0.25) is 0 Å². The molecule has 0 bridgehead atoms. The lowest BCUT2D eigenvalue weighted by Crippen LogP contribution is -2.39. The Bertz CT molecular complexity index is 1500. The second-order valence-electron chi connectivity index (χ2n) is 7.81. The number of sulfone groups is 1. The van der Waals surface area contributed by atoms with Gasteiger partial charge in [-0.1, -0.05) is 30.3 Å². The zero-order valence-corrected chi connectivity index (χ0v) is 19.5. The molecule has 0 aliphatic rings. The summed E-state index contributed by atoms with van der Waals surface area (Å²) >= 11 is 0. The van der Waals surface area contributed by atoms with E-state index in [4.69, 9.17) is 0 Å². The van der Waals surface area contributed by atoms with Gasteiger partial charge in [-0.25, -0.2) is 30.6 Å². The van der Waals surface area contributed by atoms with Crippen LogP contribution in [0.5, 0.6) is 0 Å². The van der Waals surface area contributed by atoms with Gasteiger partial charge in [-0.05, 0) is 55.0 Å². The Morgan fingerprint density at radius 2 is 1.61 bits per heavy atom. The maximum atomic E-state index is 13.7. The smallest absolute Gasteiger partial charge is 0.208 e. The molecule has 172 valence electrons. The normalized spacial score (nSPS) is 14.3. The molecule has 1 aromatic heterocycles. The monoisotopic (exact) mass is 487 g/mol. The van der Waals surface area contributed by atoms with E-state index in [1.165, 1.54) is 37.4 Å². The average Bonchev–Trinajstić information content (AvgIpc) is 3.17. The lowest BCUT2D eigenvalue weighted by atomic mass is 10.1. The topological polar surface area (TPSA) is 98.1 Å².